The van der Waals surface area contributed by atoms with Gasteiger partial charge in [-0.2, -0.15) is 0 Å². The molecule has 1 aliphatic carbocycles. The van der Waals surface area contributed by atoms with Crippen LogP contribution in [0.25, 0.3) is 0 Å². The van der Waals surface area contributed by atoms with Crippen LogP contribution in [0.15, 0.2) is 18.3 Å². The highest BCUT2D eigenvalue weighted by atomic mass is 16.5. The summed E-state index contributed by atoms with van der Waals surface area (Å²) in [6.07, 6.45) is 7.48. The number of nitrogens with one attached hydrogen (secondary N) is 2. The van der Waals surface area contributed by atoms with E-state index in [0.717, 1.165) is 37.7 Å². The molecule has 1 aromatic heterocycles. The first-order valence-electron chi connectivity index (χ1n) is 9.23. The normalized spacial score (nSPS) is 21.3. The summed E-state index contributed by atoms with van der Waals surface area (Å²) in [5, 5.41) is 5.85. The third kappa shape index (κ3) is 4.83. The molecule has 2 heterocycles. The van der Waals surface area contributed by atoms with Crippen LogP contribution in [0, 0.1) is 17.8 Å². The molecule has 2 aliphatic rings. The van der Waals surface area contributed by atoms with Gasteiger partial charge in [-0.1, -0.05) is 31.1 Å². The Morgan fingerprint density at radius 1 is 1.27 bits per heavy atom. The quantitative estimate of drug-likeness (QED) is 0.815. The van der Waals surface area contributed by atoms with E-state index in [4.69, 9.17) is 4.74 Å². The van der Waals surface area contributed by atoms with Crippen molar-refractivity contribution in [3.8, 4) is 11.8 Å². The molecule has 1 aromatic rings. The molecule has 0 spiro atoms. The van der Waals surface area contributed by atoms with Crippen LogP contribution in [0.3, 0.4) is 0 Å². The molecule has 138 valence electrons. The van der Waals surface area contributed by atoms with Gasteiger partial charge >= 0.3 is 0 Å². The molecular formula is C20H25N3O3. The zero-order valence-corrected chi connectivity index (χ0v) is 15.1. The molecule has 2 fully saturated rings. The molecule has 3 rings (SSSR count). The lowest BCUT2D eigenvalue weighted by Gasteiger charge is -2.34. The summed E-state index contributed by atoms with van der Waals surface area (Å²) < 4.78 is 5.33. The van der Waals surface area contributed by atoms with E-state index >= 15 is 0 Å². The summed E-state index contributed by atoms with van der Waals surface area (Å²) >= 11 is 0. The highest BCUT2D eigenvalue weighted by Gasteiger charge is 2.35. The van der Waals surface area contributed by atoms with Crippen molar-refractivity contribution in [2.45, 2.75) is 51.0 Å². The van der Waals surface area contributed by atoms with Crippen molar-refractivity contribution in [1.29, 1.82) is 0 Å². The minimum absolute atomic E-state index is 0.0535. The zero-order chi connectivity index (χ0) is 18.4. The third-order valence-electron chi connectivity index (χ3n) is 4.88. The largest absolute Gasteiger partial charge is 0.381 e. The van der Waals surface area contributed by atoms with Crippen molar-refractivity contribution in [3.05, 3.63) is 23.9 Å². The Bertz CT molecular complexity index is 706. The van der Waals surface area contributed by atoms with Gasteiger partial charge in [-0.05, 0) is 31.4 Å². The number of rotatable bonds is 3. The topological polar surface area (TPSA) is 80.3 Å². The second-order valence-corrected chi connectivity index (χ2v) is 7.06. The highest BCUT2D eigenvalue weighted by Crippen LogP contribution is 2.29. The smallest absolute Gasteiger partial charge is 0.226 e. The van der Waals surface area contributed by atoms with Gasteiger partial charge in [-0.25, -0.2) is 4.98 Å². The van der Waals surface area contributed by atoms with Crippen LogP contribution < -0.4 is 10.6 Å². The fourth-order valence-corrected chi connectivity index (χ4v) is 3.43. The zero-order valence-electron chi connectivity index (χ0n) is 15.1. The lowest BCUT2D eigenvalue weighted by atomic mass is 9.81. The van der Waals surface area contributed by atoms with Crippen LogP contribution in [0.2, 0.25) is 0 Å². The number of amides is 2. The first kappa shape index (κ1) is 18.4. The molecule has 2 amide bonds. The predicted molar refractivity (Wildman–Crippen MR) is 98.3 cm³/mol. The third-order valence-corrected chi connectivity index (χ3v) is 4.88. The van der Waals surface area contributed by atoms with Gasteiger partial charge in [0.05, 0.1) is 12.5 Å². The Labute approximate surface area is 154 Å². The number of nitrogens with zero attached hydrogens (tertiary/aromatic N) is 1. The van der Waals surface area contributed by atoms with Gasteiger partial charge in [-0.15, -0.1) is 0 Å². The van der Waals surface area contributed by atoms with E-state index in [2.05, 4.69) is 27.5 Å². The minimum atomic E-state index is -0.464. The first-order chi connectivity index (χ1) is 12.6. The van der Waals surface area contributed by atoms with Crippen molar-refractivity contribution in [2.75, 3.05) is 18.5 Å². The first-order valence-corrected chi connectivity index (χ1v) is 9.23. The molecule has 1 aliphatic heterocycles. The summed E-state index contributed by atoms with van der Waals surface area (Å²) in [6, 6.07) is 3.56. The Kier molecular flexibility index (Phi) is 5.89. The van der Waals surface area contributed by atoms with Gasteiger partial charge in [-0.3, -0.25) is 9.59 Å². The molecular weight excluding hydrogens is 330 g/mol. The fourth-order valence-electron chi connectivity index (χ4n) is 3.43. The van der Waals surface area contributed by atoms with E-state index in [1.54, 1.807) is 12.3 Å². The summed E-state index contributed by atoms with van der Waals surface area (Å²) in [6.45, 7) is 2.60. The van der Waals surface area contributed by atoms with Crippen molar-refractivity contribution in [2.24, 2.45) is 5.92 Å². The van der Waals surface area contributed by atoms with E-state index in [1.807, 2.05) is 6.07 Å². The SMILES string of the molecule is CC(=O)Nc1ccc(C#CC2(NC(=O)[C@@H]3CCOC3)CCCCC2)cn1. The van der Waals surface area contributed by atoms with E-state index in [1.165, 1.54) is 13.3 Å². The van der Waals surface area contributed by atoms with E-state index in [0.29, 0.717) is 19.0 Å². The van der Waals surface area contributed by atoms with Gasteiger partial charge < -0.3 is 15.4 Å². The standard InChI is InChI=1S/C20H25N3O3/c1-15(24)22-18-6-5-16(13-21-18)7-11-20(9-3-2-4-10-20)23-19(25)17-8-12-26-14-17/h5-6,13,17H,2-4,8-10,12,14H2,1H3,(H,23,25)(H,21,22,24)/t17-/m1/s1. The maximum absolute atomic E-state index is 12.6. The Hall–Kier alpha value is -2.39. The van der Waals surface area contributed by atoms with Crippen molar-refractivity contribution in [1.82, 2.24) is 10.3 Å². The number of carbonyl (C=O) groups is 2. The highest BCUT2D eigenvalue weighted by molar-refractivity contribution is 5.87. The monoisotopic (exact) mass is 355 g/mol. The maximum atomic E-state index is 12.6. The van der Waals surface area contributed by atoms with Crippen LogP contribution in [-0.2, 0) is 14.3 Å². The van der Waals surface area contributed by atoms with Crippen LogP contribution in [0.1, 0.15) is 51.0 Å². The number of hydrogen-bond donors (Lipinski definition) is 2. The number of pyridine rings is 1. The Morgan fingerprint density at radius 3 is 2.69 bits per heavy atom. The summed E-state index contributed by atoms with van der Waals surface area (Å²) in [5.41, 5.74) is 0.302. The number of anilines is 1. The minimum Gasteiger partial charge on any atom is -0.381 e. The van der Waals surface area contributed by atoms with Gasteiger partial charge in [0.25, 0.3) is 0 Å². The average molecular weight is 355 g/mol. The Balaban J connectivity index is 1.73. The number of carbonyl (C=O) groups excluding carboxylic acids is 2. The van der Waals surface area contributed by atoms with Crippen LogP contribution >= 0.6 is 0 Å². The maximum Gasteiger partial charge on any atom is 0.226 e. The van der Waals surface area contributed by atoms with Gasteiger partial charge in [0.2, 0.25) is 11.8 Å². The molecule has 1 saturated heterocycles. The number of hydrogen-bond acceptors (Lipinski definition) is 4. The molecule has 0 unspecified atom stereocenters. The summed E-state index contributed by atoms with van der Waals surface area (Å²) in [7, 11) is 0. The summed E-state index contributed by atoms with van der Waals surface area (Å²) in [5.74, 6) is 6.82. The van der Waals surface area contributed by atoms with Crippen LogP contribution in [-0.4, -0.2) is 35.6 Å². The number of ether oxygens (including phenoxy) is 1. The summed E-state index contributed by atoms with van der Waals surface area (Å²) in [4.78, 5) is 27.8. The molecule has 0 radical (unpaired) electrons. The molecule has 6 nitrogen and oxygen atoms in total. The van der Waals surface area contributed by atoms with Gasteiger partial charge in [0.15, 0.2) is 0 Å². The lowest BCUT2D eigenvalue weighted by molar-refractivity contribution is -0.126. The molecule has 2 N–H and O–H groups in total. The van der Waals surface area contributed by atoms with Crippen molar-refractivity contribution >= 4 is 17.6 Å². The fraction of sp³-hybridized carbons (Fsp3) is 0.550. The van der Waals surface area contributed by atoms with E-state index < -0.39 is 5.54 Å². The van der Waals surface area contributed by atoms with Gasteiger partial charge in [0.1, 0.15) is 11.4 Å². The predicted octanol–water partition coefficient (Wildman–Crippen LogP) is 2.25. The van der Waals surface area contributed by atoms with E-state index in [-0.39, 0.29) is 17.7 Å². The van der Waals surface area contributed by atoms with Gasteiger partial charge in [0, 0.05) is 25.3 Å². The molecule has 1 saturated carbocycles. The van der Waals surface area contributed by atoms with Crippen LogP contribution in [0.5, 0.6) is 0 Å². The van der Waals surface area contributed by atoms with Crippen molar-refractivity contribution in [3.63, 3.8) is 0 Å². The molecule has 26 heavy (non-hydrogen) atoms. The Morgan fingerprint density at radius 2 is 2.08 bits per heavy atom. The molecule has 6 heteroatoms. The number of aromatic nitrogens is 1. The second kappa shape index (κ2) is 8.33. The lowest BCUT2D eigenvalue weighted by Crippen LogP contribution is -2.50. The second-order valence-electron chi connectivity index (χ2n) is 7.06. The molecule has 0 bridgehead atoms. The molecule has 0 aromatic carbocycles. The average Bonchev–Trinajstić information content (AvgIpc) is 3.16. The molecule has 1 atom stereocenters. The van der Waals surface area contributed by atoms with Crippen molar-refractivity contribution < 1.29 is 14.3 Å². The van der Waals surface area contributed by atoms with Crippen LogP contribution in [0.4, 0.5) is 5.82 Å². The van der Waals surface area contributed by atoms with E-state index in [9.17, 15) is 9.59 Å².